The smallest absolute Gasteiger partial charge is 0.253 e. The van der Waals surface area contributed by atoms with E-state index in [0.717, 1.165) is 30.4 Å². The molecule has 0 aromatic heterocycles. The third-order valence-electron chi connectivity index (χ3n) is 2.50. The highest BCUT2D eigenvalue weighted by molar-refractivity contribution is 6.37. The summed E-state index contributed by atoms with van der Waals surface area (Å²) in [6.07, 6.45) is 1.82. The molecule has 1 radical (unpaired) electrons. The number of benzene rings is 1. The lowest BCUT2D eigenvalue weighted by Gasteiger charge is -2.15. The number of amides is 1. The minimum atomic E-state index is 0.155. The van der Waals surface area contributed by atoms with Gasteiger partial charge >= 0.3 is 0 Å². The zero-order valence-corrected chi connectivity index (χ0v) is 8.36. The van der Waals surface area contributed by atoms with E-state index < -0.39 is 0 Å². The number of carbonyl (C=O) groups excluding carboxylic acids is 1. The van der Waals surface area contributed by atoms with Crippen LogP contribution in [0.4, 0.5) is 0 Å². The van der Waals surface area contributed by atoms with Gasteiger partial charge in [-0.1, -0.05) is 24.0 Å². The Bertz CT molecular complexity index is 345. The Kier molecular flexibility index (Phi) is 2.57. The second-order valence-corrected chi connectivity index (χ2v) is 3.70. The molecule has 3 heteroatoms. The minimum absolute atomic E-state index is 0.155. The molecule has 1 aliphatic heterocycles. The molecule has 1 aromatic carbocycles. The molecule has 2 rings (SSSR count). The molecule has 71 valence electrons. The Morgan fingerprint density at radius 2 is 2.36 bits per heavy atom. The number of hydrogen-bond acceptors (Lipinski definition) is 1. The number of nitrogens with zero attached hydrogens (tertiary/aromatic N) is 1. The fourth-order valence-corrected chi connectivity index (χ4v) is 1.73. The van der Waals surface area contributed by atoms with Crippen LogP contribution in [-0.4, -0.2) is 31.1 Å². The van der Waals surface area contributed by atoms with E-state index in [9.17, 15) is 4.79 Å². The van der Waals surface area contributed by atoms with Crippen molar-refractivity contribution in [2.45, 2.75) is 13.2 Å². The zero-order chi connectivity index (χ0) is 9.97. The van der Waals surface area contributed by atoms with Gasteiger partial charge in [0.25, 0.3) is 5.91 Å². The largest absolute Gasteiger partial charge is 0.348 e. The molecule has 0 bridgehead atoms. The molecule has 0 saturated carbocycles. The van der Waals surface area contributed by atoms with Crippen LogP contribution in [0.1, 0.15) is 15.9 Å². The van der Waals surface area contributed by atoms with Gasteiger partial charge in [0, 0.05) is 12.1 Å². The minimum Gasteiger partial charge on any atom is -0.348 e. The lowest BCUT2D eigenvalue weighted by molar-refractivity contribution is 0.0801. The Morgan fingerprint density at radius 3 is 3.00 bits per heavy atom. The van der Waals surface area contributed by atoms with Crippen molar-refractivity contribution < 1.29 is 4.79 Å². The van der Waals surface area contributed by atoms with E-state index in [0.29, 0.717) is 0 Å². The summed E-state index contributed by atoms with van der Waals surface area (Å²) in [6.45, 7) is 2.87. The first kappa shape index (κ1) is 9.32. The van der Waals surface area contributed by atoms with Crippen LogP contribution in [0.25, 0.3) is 0 Å². The van der Waals surface area contributed by atoms with Gasteiger partial charge in [-0.3, -0.25) is 4.79 Å². The maximum Gasteiger partial charge on any atom is 0.253 e. The lowest BCUT2D eigenvalue weighted by atomic mass is 9.79. The average molecular weight is 186 g/mol. The number of rotatable bonds is 1. The van der Waals surface area contributed by atoms with Crippen molar-refractivity contribution in [2.24, 2.45) is 0 Å². The van der Waals surface area contributed by atoms with E-state index in [1.54, 1.807) is 0 Å². The van der Waals surface area contributed by atoms with E-state index in [2.05, 4.69) is 7.28 Å². The molecule has 0 N–H and O–H groups in total. The van der Waals surface area contributed by atoms with Crippen LogP contribution in [0.3, 0.4) is 0 Å². The van der Waals surface area contributed by atoms with Crippen molar-refractivity contribution in [1.82, 2.24) is 4.90 Å². The molecule has 1 aromatic rings. The van der Waals surface area contributed by atoms with E-state index >= 15 is 0 Å². The molecule has 1 fully saturated rings. The summed E-state index contributed by atoms with van der Waals surface area (Å²) in [5.41, 5.74) is 1.94. The van der Waals surface area contributed by atoms with Crippen LogP contribution in [0.2, 0.25) is 6.32 Å². The standard InChI is InChI=1S/C11H13BNO/c1-9-3-2-4-10(7-9)11(14)13-6-5-12-8-13/h2-4,7H,5-6,8H2,1H3. The Labute approximate surface area is 85.2 Å². The summed E-state index contributed by atoms with van der Waals surface area (Å²) in [5, 5.41) is 0. The molecule has 1 amide bonds. The van der Waals surface area contributed by atoms with Crippen LogP contribution in [0.15, 0.2) is 24.3 Å². The highest BCUT2D eigenvalue weighted by Crippen LogP contribution is 2.10. The molecule has 0 aliphatic carbocycles. The first-order valence-electron chi connectivity index (χ1n) is 4.95. The predicted octanol–water partition coefficient (Wildman–Crippen LogP) is 1.53. The van der Waals surface area contributed by atoms with Crippen LogP contribution >= 0.6 is 0 Å². The second kappa shape index (κ2) is 3.87. The van der Waals surface area contributed by atoms with Crippen LogP contribution in [-0.2, 0) is 0 Å². The SMILES string of the molecule is Cc1cccc(C(=O)N2C[B]CC2)c1. The molecule has 0 atom stereocenters. The predicted molar refractivity (Wildman–Crippen MR) is 57.6 cm³/mol. The summed E-state index contributed by atoms with van der Waals surface area (Å²) < 4.78 is 0. The van der Waals surface area contributed by atoms with Crippen molar-refractivity contribution in [3.8, 4) is 0 Å². The van der Waals surface area contributed by atoms with Gasteiger partial charge in [0.15, 0.2) is 0 Å². The molecular weight excluding hydrogens is 173 g/mol. The van der Waals surface area contributed by atoms with Gasteiger partial charge in [-0.2, -0.15) is 0 Å². The van der Waals surface area contributed by atoms with Crippen LogP contribution in [0, 0.1) is 6.92 Å². The van der Waals surface area contributed by atoms with E-state index in [-0.39, 0.29) is 5.91 Å². The van der Waals surface area contributed by atoms with E-state index in [4.69, 9.17) is 0 Å². The average Bonchev–Trinajstić information content (AvgIpc) is 2.69. The maximum atomic E-state index is 11.9. The monoisotopic (exact) mass is 186 g/mol. The van der Waals surface area contributed by atoms with Crippen molar-refractivity contribution in [3.63, 3.8) is 0 Å². The van der Waals surface area contributed by atoms with Crippen molar-refractivity contribution >= 4 is 13.2 Å². The Morgan fingerprint density at radius 1 is 1.50 bits per heavy atom. The molecule has 0 unspecified atom stereocenters. The highest BCUT2D eigenvalue weighted by atomic mass is 16.2. The third-order valence-corrected chi connectivity index (χ3v) is 2.50. The lowest BCUT2D eigenvalue weighted by Crippen LogP contribution is -2.28. The van der Waals surface area contributed by atoms with E-state index in [1.165, 1.54) is 0 Å². The quantitative estimate of drug-likeness (QED) is 0.609. The first-order valence-corrected chi connectivity index (χ1v) is 4.95. The van der Waals surface area contributed by atoms with Crippen molar-refractivity contribution in [2.75, 3.05) is 13.0 Å². The maximum absolute atomic E-state index is 11.9. The fraction of sp³-hybridized carbons (Fsp3) is 0.364. The molecule has 2 nitrogen and oxygen atoms in total. The van der Waals surface area contributed by atoms with Gasteiger partial charge in [0.05, 0.1) is 0 Å². The van der Waals surface area contributed by atoms with Crippen LogP contribution in [0.5, 0.6) is 0 Å². The molecule has 1 saturated heterocycles. The Balaban J connectivity index is 2.17. The van der Waals surface area contributed by atoms with Crippen molar-refractivity contribution in [3.05, 3.63) is 35.4 Å². The van der Waals surface area contributed by atoms with Crippen LogP contribution < -0.4 is 0 Å². The van der Waals surface area contributed by atoms with Gasteiger partial charge in [0.2, 0.25) is 0 Å². The summed E-state index contributed by atoms with van der Waals surface area (Å²) in [5.74, 6) is 0.155. The highest BCUT2D eigenvalue weighted by Gasteiger charge is 2.19. The topological polar surface area (TPSA) is 20.3 Å². The zero-order valence-electron chi connectivity index (χ0n) is 8.36. The summed E-state index contributed by atoms with van der Waals surface area (Å²) in [6, 6.07) is 7.77. The summed E-state index contributed by atoms with van der Waals surface area (Å²) in [4.78, 5) is 13.8. The third kappa shape index (κ3) is 1.81. The number of hydrogen-bond donors (Lipinski definition) is 0. The molecule has 1 heterocycles. The van der Waals surface area contributed by atoms with E-state index in [1.807, 2.05) is 36.1 Å². The first-order chi connectivity index (χ1) is 6.77. The molecular formula is C11H13BNO. The summed E-state index contributed by atoms with van der Waals surface area (Å²) >= 11 is 0. The molecule has 14 heavy (non-hydrogen) atoms. The normalized spacial score (nSPS) is 15.4. The number of carbonyl (C=O) groups is 1. The van der Waals surface area contributed by atoms with Gasteiger partial charge in [-0.25, -0.2) is 0 Å². The van der Waals surface area contributed by atoms with Crippen molar-refractivity contribution in [1.29, 1.82) is 0 Å². The van der Waals surface area contributed by atoms with Gasteiger partial charge in [-0.15, -0.1) is 0 Å². The molecule has 1 aliphatic rings. The second-order valence-electron chi connectivity index (χ2n) is 3.70. The number of aryl methyl sites for hydroxylation is 1. The molecule has 0 spiro atoms. The van der Waals surface area contributed by atoms with Gasteiger partial charge < -0.3 is 4.90 Å². The fourth-order valence-electron chi connectivity index (χ4n) is 1.73. The van der Waals surface area contributed by atoms with Gasteiger partial charge in [-0.05, 0) is 25.5 Å². The van der Waals surface area contributed by atoms with Gasteiger partial charge in [0.1, 0.15) is 7.28 Å². The Hall–Kier alpha value is -1.25. The summed E-state index contributed by atoms with van der Waals surface area (Å²) in [7, 11) is 2.15.